The van der Waals surface area contributed by atoms with Gasteiger partial charge >= 0.3 is 0 Å². The number of pyridine rings is 1. The van der Waals surface area contributed by atoms with E-state index in [0.29, 0.717) is 5.92 Å². The van der Waals surface area contributed by atoms with Gasteiger partial charge in [-0.25, -0.2) is 4.98 Å². The summed E-state index contributed by atoms with van der Waals surface area (Å²) < 4.78 is 0. The van der Waals surface area contributed by atoms with E-state index in [-0.39, 0.29) is 0 Å². The molecule has 0 radical (unpaired) electrons. The molecule has 5 nitrogen and oxygen atoms in total. The molecule has 6 heteroatoms. The van der Waals surface area contributed by atoms with Crippen molar-refractivity contribution in [3.63, 3.8) is 0 Å². The standard InChI is InChI=1S/C24H23N5S/c1-14-5-6-22(30-14)17-3-2-4-20-18(17)12-21(27-20)23-19-11-16(13-26-24(19)29-28-23)15-7-9-25-10-8-15/h2-6,11-13,15,25,27H,7-10H2,1H3,(H,26,28,29). The summed E-state index contributed by atoms with van der Waals surface area (Å²) in [4.78, 5) is 10.9. The summed E-state index contributed by atoms with van der Waals surface area (Å²) in [5.41, 5.74) is 6.53. The first kappa shape index (κ1) is 17.9. The van der Waals surface area contributed by atoms with Crippen molar-refractivity contribution in [3.8, 4) is 21.8 Å². The number of hydrogen-bond donors (Lipinski definition) is 3. The number of H-pyrrole nitrogens is 2. The second kappa shape index (κ2) is 7.07. The normalized spacial score (nSPS) is 15.4. The van der Waals surface area contributed by atoms with E-state index in [0.717, 1.165) is 53.9 Å². The Morgan fingerprint density at radius 1 is 1.03 bits per heavy atom. The lowest BCUT2D eigenvalue weighted by Gasteiger charge is -2.22. The van der Waals surface area contributed by atoms with Gasteiger partial charge in [0.15, 0.2) is 5.65 Å². The maximum absolute atomic E-state index is 4.67. The molecule has 150 valence electrons. The minimum atomic E-state index is 0.572. The highest BCUT2D eigenvalue weighted by atomic mass is 32.1. The summed E-state index contributed by atoms with van der Waals surface area (Å²) >= 11 is 1.83. The van der Waals surface area contributed by atoms with Crippen LogP contribution in [0.1, 0.15) is 29.2 Å². The van der Waals surface area contributed by atoms with Crippen LogP contribution in [0.5, 0.6) is 0 Å². The topological polar surface area (TPSA) is 69.4 Å². The molecule has 5 heterocycles. The minimum absolute atomic E-state index is 0.572. The van der Waals surface area contributed by atoms with Gasteiger partial charge in [0.05, 0.1) is 5.69 Å². The predicted octanol–water partition coefficient (Wildman–Crippen LogP) is 5.61. The Balaban J connectivity index is 1.47. The fourth-order valence-corrected chi connectivity index (χ4v) is 5.49. The van der Waals surface area contributed by atoms with Gasteiger partial charge in [-0.2, -0.15) is 5.10 Å². The summed E-state index contributed by atoms with van der Waals surface area (Å²) in [6.45, 7) is 4.31. The number of nitrogens with zero attached hydrogens (tertiary/aromatic N) is 2. The van der Waals surface area contributed by atoms with Crippen LogP contribution in [0.15, 0.2) is 48.7 Å². The molecule has 1 saturated heterocycles. The van der Waals surface area contributed by atoms with Gasteiger partial charge in [0, 0.05) is 37.8 Å². The van der Waals surface area contributed by atoms with Crippen molar-refractivity contribution in [2.45, 2.75) is 25.7 Å². The third kappa shape index (κ3) is 2.95. The van der Waals surface area contributed by atoms with Crippen LogP contribution in [-0.2, 0) is 0 Å². The number of thiophene rings is 1. The Kier molecular flexibility index (Phi) is 4.21. The number of rotatable bonds is 3. The second-order valence-electron chi connectivity index (χ2n) is 8.12. The van der Waals surface area contributed by atoms with Gasteiger partial charge in [0.1, 0.15) is 5.69 Å². The molecule has 0 saturated carbocycles. The maximum Gasteiger partial charge on any atom is 0.155 e. The molecule has 0 spiro atoms. The van der Waals surface area contributed by atoms with E-state index in [1.165, 1.54) is 26.3 Å². The maximum atomic E-state index is 4.67. The zero-order valence-corrected chi connectivity index (χ0v) is 17.6. The van der Waals surface area contributed by atoms with Crippen LogP contribution in [0.3, 0.4) is 0 Å². The highest BCUT2D eigenvalue weighted by Crippen LogP contribution is 2.37. The number of aryl methyl sites for hydroxylation is 1. The third-order valence-electron chi connectivity index (χ3n) is 6.17. The molecule has 0 amide bonds. The molecule has 3 N–H and O–H groups in total. The van der Waals surface area contributed by atoms with Crippen LogP contribution in [-0.4, -0.2) is 33.3 Å². The van der Waals surface area contributed by atoms with E-state index in [4.69, 9.17) is 0 Å². The summed E-state index contributed by atoms with van der Waals surface area (Å²) in [7, 11) is 0. The molecule has 1 aliphatic heterocycles. The Morgan fingerprint density at radius 3 is 2.77 bits per heavy atom. The van der Waals surface area contributed by atoms with Crippen LogP contribution >= 0.6 is 11.3 Å². The van der Waals surface area contributed by atoms with Gasteiger partial charge in [-0.05, 0) is 74.7 Å². The van der Waals surface area contributed by atoms with E-state index in [1.807, 2.05) is 17.5 Å². The zero-order valence-electron chi connectivity index (χ0n) is 16.8. The summed E-state index contributed by atoms with van der Waals surface area (Å²) in [5, 5.41) is 13.5. The largest absolute Gasteiger partial charge is 0.353 e. The Labute approximate surface area is 178 Å². The number of benzene rings is 1. The van der Waals surface area contributed by atoms with Gasteiger partial charge in [0.25, 0.3) is 0 Å². The molecule has 0 aliphatic carbocycles. The molecular formula is C24H23N5S. The highest BCUT2D eigenvalue weighted by Gasteiger charge is 2.19. The molecule has 0 unspecified atom stereocenters. The van der Waals surface area contributed by atoms with Crippen LogP contribution in [0.25, 0.3) is 43.8 Å². The first-order chi connectivity index (χ1) is 14.8. The number of aromatic amines is 2. The number of aromatic nitrogens is 4. The minimum Gasteiger partial charge on any atom is -0.353 e. The van der Waals surface area contributed by atoms with E-state index < -0.39 is 0 Å². The second-order valence-corrected chi connectivity index (χ2v) is 9.41. The van der Waals surface area contributed by atoms with Crippen LogP contribution in [0, 0.1) is 6.92 Å². The van der Waals surface area contributed by atoms with Crippen LogP contribution < -0.4 is 5.32 Å². The average Bonchev–Trinajstić information content (AvgIpc) is 3.51. The molecule has 0 bridgehead atoms. The number of fused-ring (bicyclic) bond motifs is 2. The van der Waals surface area contributed by atoms with E-state index >= 15 is 0 Å². The van der Waals surface area contributed by atoms with Crippen molar-refractivity contribution in [1.29, 1.82) is 0 Å². The predicted molar refractivity (Wildman–Crippen MR) is 124 cm³/mol. The van der Waals surface area contributed by atoms with Gasteiger partial charge in [-0.1, -0.05) is 12.1 Å². The van der Waals surface area contributed by atoms with Crippen LogP contribution in [0.4, 0.5) is 0 Å². The SMILES string of the molecule is Cc1ccc(-c2cccc3[nH]c(-c4n[nH]c5ncc(C6CCNCC6)cc45)cc23)s1. The Morgan fingerprint density at radius 2 is 1.93 bits per heavy atom. The molecule has 1 fully saturated rings. The molecule has 1 aromatic carbocycles. The quantitative estimate of drug-likeness (QED) is 0.360. The van der Waals surface area contributed by atoms with Crippen LogP contribution in [0.2, 0.25) is 0 Å². The van der Waals surface area contributed by atoms with Gasteiger partial charge < -0.3 is 10.3 Å². The molecule has 6 rings (SSSR count). The lowest BCUT2D eigenvalue weighted by atomic mass is 9.91. The molecule has 4 aromatic heterocycles. The summed E-state index contributed by atoms with van der Waals surface area (Å²) in [6.07, 6.45) is 4.34. The third-order valence-corrected chi connectivity index (χ3v) is 7.21. The number of nitrogens with one attached hydrogen (secondary N) is 3. The lowest BCUT2D eigenvalue weighted by Crippen LogP contribution is -2.26. The van der Waals surface area contributed by atoms with Crippen molar-refractivity contribution in [2.24, 2.45) is 0 Å². The van der Waals surface area contributed by atoms with E-state index in [1.54, 1.807) is 0 Å². The average molecular weight is 414 g/mol. The van der Waals surface area contributed by atoms with E-state index in [9.17, 15) is 0 Å². The zero-order chi connectivity index (χ0) is 20.1. The molecule has 5 aromatic rings. The van der Waals surface area contributed by atoms with Crippen molar-refractivity contribution in [3.05, 3.63) is 59.1 Å². The first-order valence-corrected chi connectivity index (χ1v) is 11.3. The smallest absolute Gasteiger partial charge is 0.155 e. The van der Waals surface area contributed by atoms with Crippen molar-refractivity contribution < 1.29 is 0 Å². The van der Waals surface area contributed by atoms with Crippen molar-refractivity contribution in [2.75, 3.05) is 13.1 Å². The molecular weight excluding hydrogens is 390 g/mol. The number of piperidine rings is 1. The fraction of sp³-hybridized carbons (Fsp3) is 0.250. The molecule has 30 heavy (non-hydrogen) atoms. The van der Waals surface area contributed by atoms with Gasteiger partial charge in [-0.3, -0.25) is 5.10 Å². The highest BCUT2D eigenvalue weighted by molar-refractivity contribution is 7.15. The summed E-state index contributed by atoms with van der Waals surface area (Å²) in [6, 6.07) is 15.4. The molecule has 0 atom stereocenters. The van der Waals surface area contributed by atoms with Gasteiger partial charge in [0.2, 0.25) is 0 Å². The van der Waals surface area contributed by atoms with Crippen molar-refractivity contribution >= 4 is 33.3 Å². The Hall–Kier alpha value is -2.96. The van der Waals surface area contributed by atoms with E-state index in [2.05, 4.69) is 74.9 Å². The Bertz CT molecular complexity index is 1350. The molecule has 1 aliphatic rings. The number of hydrogen-bond acceptors (Lipinski definition) is 4. The fourth-order valence-electron chi connectivity index (χ4n) is 4.58. The van der Waals surface area contributed by atoms with Gasteiger partial charge in [-0.15, -0.1) is 11.3 Å². The first-order valence-electron chi connectivity index (χ1n) is 10.5. The monoisotopic (exact) mass is 413 g/mol. The lowest BCUT2D eigenvalue weighted by molar-refractivity contribution is 0.460. The van der Waals surface area contributed by atoms with Crippen molar-refractivity contribution in [1.82, 2.24) is 25.5 Å². The summed E-state index contributed by atoms with van der Waals surface area (Å²) in [5.74, 6) is 0.572.